The van der Waals surface area contributed by atoms with E-state index in [2.05, 4.69) is 10.6 Å². The summed E-state index contributed by atoms with van der Waals surface area (Å²) in [5.74, 6) is 0.555. The summed E-state index contributed by atoms with van der Waals surface area (Å²) >= 11 is 0. The van der Waals surface area contributed by atoms with E-state index in [0.29, 0.717) is 11.6 Å². The molecule has 0 aliphatic carbocycles. The first-order valence-corrected chi connectivity index (χ1v) is 5.84. The predicted octanol–water partition coefficient (Wildman–Crippen LogP) is 1.49. The molecule has 6 heteroatoms. The van der Waals surface area contributed by atoms with E-state index in [9.17, 15) is 10.1 Å². The Balaban J connectivity index is 2.07. The summed E-state index contributed by atoms with van der Waals surface area (Å²) in [6.45, 7) is 2.79. The number of nitrogens with zero attached hydrogens (tertiary/aromatic N) is 2. The van der Waals surface area contributed by atoms with Crippen molar-refractivity contribution in [3.8, 4) is 6.07 Å². The van der Waals surface area contributed by atoms with Gasteiger partial charge in [0.25, 0.3) is 5.69 Å². The van der Waals surface area contributed by atoms with Crippen LogP contribution in [0.15, 0.2) is 18.2 Å². The van der Waals surface area contributed by atoms with E-state index >= 15 is 0 Å². The lowest BCUT2D eigenvalue weighted by Gasteiger charge is -2.11. The first-order valence-electron chi connectivity index (χ1n) is 5.84. The first kappa shape index (κ1) is 12.3. The predicted molar refractivity (Wildman–Crippen MR) is 67.3 cm³/mol. The average molecular weight is 246 g/mol. The van der Waals surface area contributed by atoms with Crippen molar-refractivity contribution in [2.24, 2.45) is 5.92 Å². The van der Waals surface area contributed by atoms with Gasteiger partial charge in [-0.15, -0.1) is 0 Å². The Labute approximate surface area is 105 Å². The summed E-state index contributed by atoms with van der Waals surface area (Å²) < 4.78 is 0. The van der Waals surface area contributed by atoms with Gasteiger partial charge in [0.1, 0.15) is 11.6 Å². The number of hydrogen-bond acceptors (Lipinski definition) is 5. The molecule has 0 bridgehead atoms. The lowest BCUT2D eigenvalue weighted by Crippen LogP contribution is -2.17. The maximum Gasteiger partial charge on any atom is 0.289 e. The second kappa shape index (κ2) is 5.47. The number of anilines is 1. The monoisotopic (exact) mass is 246 g/mol. The van der Waals surface area contributed by atoms with Gasteiger partial charge < -0.3 is 10.6 Å². The molecule has 1 heterocycles. The van der Waals surface area contributed by atoms with Gasteiger partial charge in [-0.2, -0.15) is 5.26 Å². The van der Waals surface area contributed by atoms with E-state index in [4.69, 9.17) is 5.26 Å². The second-order valence-corrected chi connectivity index (χ2v) is 4.34. The molecule has 6 nitrogen and oxygen atoms in total. The minimum Gasteiger partial charge on any atom is -0.385 e. The Hall–Kier alpha value is -2.13. The Morgan fingerprint density at radius 1 is 1.61 bits per heavy atom. The van der Waals surface area contributed by atoms with Gasteiger partial charge in [-0.05, 0) is 37.6 Å². The van der Waals surface area contributed by atoms with Gasteiger partial charge in [-0.25, -0.2) is 0 Å². The number of nitrogens with one attached hydrogen (secondary N) is 2. The van der Waals surface area contributed by atoms with Crippen molar-refractivity contribution >= 4 is 11.4 Å². The molecule has 1 aliphatic heterocycles. The molecular formula is C12H14N4O2. The van der Waals surface area contributed by atoms with E-state index in [1.807, 2.05) is 6.07 Å². The Morgan fingerprint density at radius 3 is 3.06 bits per heavy atom. The van der Waals surface area contributed by atoms with Gasteiger partial charge in [-0.3, -0.25) is 10.1 Å². The molecule has 1 aliphatic rings. The van der Waals surface area contributed by atoms with Gasteiger partial charge in [-0.1, -0.05) is 0 Å². The fraction of sp³-hybridized carbons (Fsp3) is 0.417. The summed E-state index contributed by atoms with van der Waals surface area (Å²) in [4.78, 5) is 10.3. The number of nitriles is 1. The fourth-order valence-corrected chi connectivity index (χ4v) is 2.04. The minimum absolute atomic E-state index is 0.0908. The summed E-state index contributed by atoms with van der Waals surface area (Å²) in [5.41, 5.74) is 0.632. The highest BCUT2D eigenvalue weighted by Gasteiger charge is 2.16. The molecule has 1 atom stereocenters. The second-order valence-electron chi connectivity index (χ2n) is 4.34. The first-order chi connectivity index (χ1) is 8.70. The number of benzene rings is 1. The Morgan fingerprint density at radius 2 is 2.44 bits per heavy atom. The average Bonchev–Trinajstić information content (AvgIpc) is 2.89. The highest BCUT2D eigenvalue weighted by Crippen LogP contribution is 2.23. The van der Waals surface area contributed by atoms with Crippen LogP contribution >= 0.6 is 0 Å². The molecule has 94 valence electrons. The fourth-order valence-electron chi connectivity index (χ4n) is 2.04. The zero-order valence-corrected chi connectivity index (χ0v) is 9.85. The van der Waals surface area contributed by atoms with E-state index in [1.165, 1.54) is 12.1 Å². The number of hydrogen-bond donors (Lipinski definition) is 2. The quantitative estimate of drug-likeness (QED) is 0.620. The van der Waals surface area contributed by atoms with Gasteiger partial charge in [0.2, 0.25) is 0 Å². The molecule has 1 aromatic carbocycles. The maximum absolute atomic E-state index is 10.8. The van der Waals surface area contributed by atoms with Crippen LogP contribution in [0.5, 0.6) is 0 Å². The van der Waals surface area contributed by atoms with E-state index in [0.717, 1.165) is 26.1 Å². The number of nitro benzene ring substituents is 1. The van der Waals surface area contributed by atoms with Crippen molar-refractivity contribution in [1.82, 2.24) is 5.32 Å². The van der Waals surface area contributed by atoms with Crippen LogP contribution in [0.3, 0.4) is 0 Å². The zero-order chi connectivity index (χ0) is 13.0. The van der Waals surface area contributed by atoms with Crippen LogP contribution in [0.4, 0.5) is 11.4 Å². The van der Waals surface area contributed by atoms with Gasteiger partial charge in [0, 0.05) is 18.3 Å². The van der Waals surface area contributed by atoms with Crippen LogP contribution in [-0.4, -0.2) is 24.6 Å². The SMILES string of the molecule is N#Cc1ccc(NCC2CCNC2)cc1[N+](=O)[O-]. The molecule has 0 amide bonds. The van der Waals surface area contributed by atoms with Crippen molar-refractivity contribution in [3.63, 3.8) is 0 Å². The largest absolute Gasteiger partial charge is 0.385 e. The highest BCUT2D eigenvalue weighted by atomic mass is 16.6. The topological polar surface area (TPSA) is 91.0 Å². The van der Waals surface area contributed by atoms with Crippen molar-refractivity contribution in [2.75, 3.05) is 25.0 Å². The van der Waals surface area contributed by atoms with Crippen molar-refractivity contribution in [2.45, 2.75) is 6.42 Å². The van der Waals surface area contributed by atoms with Crippen molar-refractivity contribution in [3.05, 3.63) is 33.9 Å². The third-order valence-corrected chi connectivity index (χ3v) is 3.07. The van der Waals surface area contributed by atoms with Crippen molar-refractivity contribution in [1.29, 1.82) is 5.26 Å². The van der Waals surface area contributed by atoms with Crippen LogP contribution in [0.1, 0.15) is 12.0 Å². The Bertz CT molecular complexity index is 489. The van der Waals surface area contributed by atoms with E-state index in [1.54, 1.807) is 6.07 Å². The van der Waals surface area contributed by atoms with Crippen molar-refractivity contribution < 1.29 is 4.92 Å². The van der Waals surface area contributed by atoms with Crippen LogP contribution < -0.4 is 10.6 Å². The summed E-state index contributed by atoms with van der Waals surface area (Å²) in [5, 5.41) is 26.0. The summed E-state index contributed by atoms with van der Waals surface area (Å²) in [7, 11) is 0. The molecule has 18 heavy (non-hydrogen) atoms. The number of rotatable bonds is 4. The van der Waals surface area contributed by atoms with Crippen LogP contribution in [0.2, 0.25) is 0 Å². The lowest BCUT2D eigenvalue weighted by atomic mass is 10.1. The standard InChI is InChI=1S/C12H14N4O2/c13-6-10-1-2-11(5-12(10)16(17)18)15-8-9-3-4-14-7-9/h1-2,5,9,14-15H,3-4,7-8H2. The van der Waals surface area contributed by atoms with Crippen LogP contribution in [0, 0.1) is 27.4 Å². The van der Waals surface area contributed by atoms with E-state index in [-0.39, 0.29) is 11.3 Å². The highest BCUT2D eigenvalue weighted by molar-refractivity contribution is 5.59. The summed E-state index contributed by atoms with van der Waals surface area (Å²) in [6.07, 6.45) is 1.12. The van der Waals surface area contributed by atoms with Crippen LogP contribution in [0.25, 0.3) is 0 Å². The molecule has 1 aromatic rings. The Kier molecular flexibility index (Phi) is 3.75. The molecule has 2 N–H and O–H groups in total. The van der Waals surface area contributed by atoms with E-state index < -0.39 is 4.92 Å². The molecule has 0 aromatic heterocycles. The molecular weight excluding hydrogens is 232 g/mol. The molecule has 0 radical (unpaired) electrons. The molecule has 2 rings (SSSR count). The van der Waals surface area contributed by atoms with Gasteiger partial charge in [0.05, 0.1) is 4.92 Å². The molecule has 0 spiro atoms. The van der Waals surface area contributed by atoms with Gasteiger partial charge in [0.15, 0.2) is 0 Å². The third-order valence-electron chi connectivity index (χ3n) is 3.07. The minimum atomic E-state index is -0.527. The zero-order valence-electron chi connectivity index (χ0n) is 9.85. The smallest absolute Gasteiger partial charge is 0.289 e. The lowest BCUT2D eigenvalue weighted by molar-refractivity contribution is -0.385. The molecule has 1 unspecified atom stereocenters. The third kappa shape index (κ3) is 2.76. The normalized spacial score (nSPS) is 18.3. The molecule has 1 saturated heterocycles. The van der Waals surface area contributed by atoms with Crippen LogP contribution in [-0.2, 0) is 0 Å². The van der Waals surface area contributed by atoms with Gasteiger partial charge >= 0.3 is 0 Å². The molecule has 1 fully saturated rings. The number of nitro groups is 1. The molecule has 0 saturated carbocycles. The summed E-state index contributed by atoms with van der Waals surface area (Å²) in [6, 6.07) is 6.42. The maximum atomic E-state index is 10.8.